The summed E-state index contributed by atoms with van der Waals surface area (Å²) in [5, 5.41) is 18.8. The lowest BCUT2D eigenvalue weighted by Gasteiger charge is -2.24. The first-order chi connectivity index (χ1) is 18.4. The average molecular weight is 569 g/mol. The van der Waals surface area contributed by atoms with Crippen LogP contribution in [0.25, 0.3) is 0 Å². The molecule has 0 aliphatic carbocycles. The third-order valence-corrected chi connectivity index (χ3v) is 7.38. The van der Waals surface area contributed by atoms with Gasteiger partial charge in [-0.1, -0.05) is 31.9 Å². The van der Waals surface area contributed by atoms with Crippen molar-refractivity contribution in [2.24, 2.45) is 0 Å². The van der Waals surface area contributed by atoms with Gasteiger partial charge in [-0.3, -0.25) is 9.69 Å². The number of benzene rings is 2. The highest BCUT2D eigenvalue weighted by molar-refractivity contribution is 7.89. The zero-order valence-corrected chi connectivity index (χ0v) is 22.2. The smallest absolute Gasteiger partial charge is 0.475 e. The van der Waals surface area contributed by atoms with Crippen LogP contribution in [0.3, 0.4) is 0 Å². The van der Waals surface area contributed by atoms with E-state index in [0.29, 0.717) is 17.8 Å². The van der Waals surface area contributed by atoms with Gasteiger partial charge in [0.15, 0.2) is 0 Å². The standard InChI is InChI=1S/C24H30N4O3S.C2HF3O2/c1-2-3-4-13-28-14-7-11-22(28)18-26-32(30,31)23-12-6-9-20(16-23)24(29)27-21-10-5-8-19(15-21)17-25;3-2(4,5)1(6)7/h5-6,8-10,12,15-16,22,26H,2-4,7,11,13-14,18H2,1H3,(H,27,29);(H,6,7). The van der Waals surface area contributed by atoms with Gasteiger partial charge in [-0.25, -0.2) is 17.9 Å². The molecular weight excluding hydrogens is 537 g/mol. The number of amides is 1. The molecule has 1 aliphatic rings. The maximum absolute atomic E-state index is 12.9. The highest BCUT2D eigenvalue weighted by Gasteiger charge is 2.38. The van der Waals surface area contributed by atoms with Crippen molar-refractivity contribution in [3.63, 3.8) is 0 Å². The molecule has 1 aliphatic heterocycles. The monoisotopic (exact) mass is 568 g/mol. The van der Waals surface area contributed by atoms with Crippen LogP contribution in [-0.2, 0) is 14.8 Å². The van der Waals surface area contributed by atoms with Crippen LogP contribution in [-0.4, -0.2) is 62.2 Å². The molecule has 1 atom stereocenters. The number of rotatable bonds is 10. The number of aliphatic carboxylic acids is 1. The van der Waals surface area contributed by atoms with Crippen LogP contribution in [0.2, 0.25) is 0 Å². The van der Waals surface area contributed by atoms with Crippen LogP contribution >= 0.6 is 0 Å². The fraction of sp³-hybridized carbons (Fsp3) is 0.423. The fourth-order valence-corrected chi connectivity index (χ4v) is 5.07. The second kappa shape index (κ2) is 14.6. The van der Waals surface area contributed by atoms with E-state index in [4.69, 9.17) is 15.2 Å². The number of likely N-dealkylation sites (tertiary alicyclic amines) is 1. The Morgan fingerprint density at radius 3 is 2.49 bits per heavy atom. The quantitative estimate of drug-likeness (QED) is 0.362. The second-order valence-electron chi connectivity index (χ2n) is 8.87. The van der Waals surface area contributed by atoms with Crippen molar-refractivity contribution in [1.82, 2.24) is 9.62 Å². The summed E-state index contributed by atoms with van der Waals surface area (Å²) in [5.41, 5.74) is 1.14. The minimum absolute atomic E-state index is 0.0615. The summed E-state index contributed by atoms with van der Waals surface area (Å²) < 4.78 is 60.2. The molecule has 13 heteroatoms. The van der Waals surface area contributed by atoms with Gasteiger partial charge in [0.2, 0.25) is 10.0 Å². The number of hydrogen-bond acceptors (Lipinski definition) is 6. The highest BCUT2D eigenvalue weighted by Crippen LogP contribution is 2.19. The average Bonchev–Trinajstić information content (AvgIpc) is 3.35. The van der Waals surface area contributed by atoms with Gasteiger partial charge in [0, 0.05) is 23.8 Å². The molecule has 2 aromatic carbocycles. The number of unbranched alkanes of at least 4 members (excludes halogenated alkanes) is 2. The second-order valence-corrected chi connectivity index (χ2v) is 10.6. The minimum atomic E-state index is -5.08. The van der Waals surface area contributed by atoms with Crippen LogP contribution in [0.15, 0.2) is 53.4 Å². The van der Waals surface area contributed by atoms with Crippen LogP contribution < -0.4 is 10.0 Å². The maximum atomic E-state index is 12.9. The molecule has 3 N–H and O–H groups in total. The predicted molar refractivity (Wildman–Crippen MR) is 139 cm³/mol. The van der Waals surface area contributed by atoms with Crippen molar-refractivity contribution < 1.29 is 36.3 Å². The number of nitrogens with zero attached hydrogens (tertiary/aromatic N) is 2. The molecule has 1 unspecified atom stereocenters. The van der Waals surface area contributed by atoms with Crippen LogP contribution in [0, 0.1) is 11.3 Å². The summed E-state index contributed by atoms with van der Waals surface area (Å²) in [6, 6.07) is 14.8. The normalized spacial score (nSPS) is 15.6. The van der Waals surface area contributed by atoms with Gasteiger partial charge in [0.05, 0.1) is 16.5 Å². The number of carbonyl (C=O) groups excluding carboxylic acids is 1. The predicted octanol–water partition coefficient (Wildman–Crippen LogP) is 4.38. The Kier molecular flexibility index (Phi) is 11.9. The molecule has 1 amide bonds. The summed E-state index contributed by atoms with van der Waals surface area (Å²) in [6.07, 6.45) is 0.470. The number of sulfonamides is 1. The zero-order chi connectivity index (χ0) is 29.1. The molecule has 1 saturated heterocycles. The first-order valence-electron chi connectivity index (χ1n) is 12.3. The van der Waals surface area contributed by atoms with E-state index < -0.39 is 28.1 Å². The Morgan fingerprint density at radius 1 is 1.15 bits per heavy atom. The van der Waals surface area contributed by atoms with Gasteiger partial charge in [0.1, 0.15) is 0 Å². The largest absolute Gasteiger partial charge is 0.490 e. The summed E-state index contributed by atoms with van der Waals surface area (Å²) in [4.78, 5) is 23.9. The van der Waals surface area contributed by atoms with Gasteiger partial charge < -0.3 is 10.4 Å². The number of anilines is 1. The van der Waals surface area contributed by atoms with Crippen molar-refractivity contribution in [2.45, 2.75) is 56.1 Å². The number of carboxylic acid groups (broad SMARTS) is 1. The molecule has 0 aromatic heterocycles. The maximum Gasteiger partial charge on any atom is 0.490 e. The van der Waals surface area contributed by atoms with E-state index in [1.54, 1.807) is 36.4 Å². The van der Waals surface area contributed by atoms with Crippen molar-refractivity contribution >= 4 is 27.6 Å². The number of nitriles is 1. The SMILES string of the molecule is CCCCCN1CCCC1CNS(=O)(=O)c1cccc(C(=O)Nc2cccc(C#N)c2)c1.O=C(O)C(F)(F)F. The summed E-state index contributed by atoms with van der Waals surface area (Å²) in [5.74, 6) is -3.19. The molecular formula is C26H31F3N4O5S. The Hall–Kier alpha value is -3.47. The van der Waals surface area contributed by atoms with Crippen LogP contribution in [0.5, 0.6) is 0 Å². The molecule has 9 nitrogen and oxygen atoms in total. The van der Waals surface area contributed by atoms with Gasteiger partial charge in [-0.15, -0.1) is 0 Å². The first-order valence-corrected chi connectivity index (χ1v) is 13.8. The number of halogens is 3. The van der Waals surface area contributed by atoms with Gasteiger partial charge >= 0.3 is 12.1 Å². The van der Waals surface area contributed by atoms with E-state index in [2.05, 4.69) is 21.9 Å². The third kappa shape index (κ3) is 10.3. The van der Waals surface area contributed by atoms with Gasteiger partial charge in [-0.2, -0.15) is 18.4 Å². The molecule has 1 heterocycles. The molecule has 39 heavy (non-hydrogen) atoms. The first kappa shape index (κ1) is 31.7. The number of carbonyl (C=O) groups is 2. The topological polar surface area (TPSA) is 140 Å². The Morgan fingerprint density at radius 2 is 1.85 bits per heavy atom. The van der Waals surface area contributed by atoms with Crippen LogP contribution in [0.4, 0.5) is 18.9 Å². The van der Waals surface area contributed by atoms with E-state index in [1.807, 2.05) is 6.07 Å². The van der Waals surface area contributed by atoms with Crippen molar-refractivity contribution in [1.29, 1.82) is 5.26 Å². The summed E-state index contributed by atoms with van der Waals surface area (Å²) in [7, 11) is -3.74. The molecule has 0 bridgehead atoms. The number of carboxylic acids is 1. The Labute approximate surface area is 225 Å². The number of nitrogens with one attached hydrogen (secondary N) is 2. The molecule has 0 spiro atoms. The van der Waals surface area contributed by atoms with E-state index in [-0.39, 0.29) is 16.5 Å². The Bertz CT molecular complexity index is 1280. The van der Waals surface area contributed by atoms with E-state index in [0.717, 1.165) is 32.4 Å². The van der Waals surface area contributed by atoms with E-state index in [1.165, 1.54) is 25.0 Å². The Balaban J connectivity index is 0.000000673. The van der Waals surface area contributed by atoms with Crippen molar-refractivity contribution in [2.75, 3.05) is 25.0 Å². The van der Waals surface area contributed by atoms with Crippen molar-refractivity contribution in [3.05, 3.63) is 59.7 Å². The lowest BCUT2D eigenvalue weighted by Crippen LogP contribution is -2.40. The molecule has 0 saturated carbocycles. The molecule has 212 valence electrons. The van der Waals surface area contributed by atoms with E-state index in [9.17, 15) is 26.4 Å². The van der Waals surface area contributed by atoms with Crippen molar-refractivity contribution in [3.8, 4) is 6.07 Å². The number of alkyl halides is 3. The fourth-order valence-electron chi connectivity index (χ4n) is 3.95. The zero-order valence-electron chi connectivity index (χ0n) is 21.4. The third-order valence-electron chi connectivity index (χ3n) is 5.96. The van der Waals surface area contributed by atoms with E-state index >= 15 is 0 Å². The lowest BCUT2D eigenvalue weighted by atomic mass is 10.2. The molecule has 0 radical (unpaired) electrons. The lowest BCUT2D eigenvalue weighted by molar-refractivity contribution is -0.192. The van der Waals surface area contributed by atoms with Crippen LogP contribution in [0.1, 0.15) is 54.9 Å². The van der Waals surface area contributed by atoms with Gasteiger partial charge in [-0.05, 0) is 68.8 Å². The molecule has 1 fully saturated rings. The number of hydrogen-bond donors (Lipinski definition) is 3. The van der Waals surface area contributed by atoms with Gasteiger partial charge in [0.25, 0.3) is 5.91 Å². The summed E-state index contributed by atoms with van der Waals surface area (Å²) in [6.45, 7) is 4.56. The minimum Gasteiger partial charge on any atom is -0.475 e. The highest BCUT2D eigenvalue weighted by atomic mass is 32.2. The molecule has 3 rings (SSSR count). The molecule has 2 aromatic rings. The summed E-state index contributed by atoms with van der Waals surface area (Å²) >= 11 is 0.